The van der Waals surface area contributed by atoms with E-state index in [1.54, 1.807) is 0 Å². The van der Waals surface area contributed by atoms with Gasteiger partial charge in [0, 0.05) is 19.3 Å². The van der Waals surface area contributed by atoms with Crippen molar-refractivity contribution in [2.24, 2.45) is 0 Å². The summed E-state index contributed by atoms with van der Waals surface area (Å²) in [7, 11) is 0. The summed E-state index contributed by atoms with van der Waals surface area (Å²) in [4.78, 5) is 38.2. The highest BCUT2D eigenvalue weighted by Crippen LogP contribution is 2.17. The average molecular weight is 1070 g/mol. The van der Waals surface area contributed by atoms with Crippen LogP contribution >= 0.6 is 0 Å². The van der Waals surface area contributed by atoms with Crippen LogP contribution in [-0.2, 0) is 28.6 Å². The average Bonchev–Trinajstić information content (AvgIpc) is 3.43. The minimum atomic E-state index is -0.786. The molecule has 0 aromatic rings. The Bertz CT molecular complexity index is 1470. The van der Waals surface area contributed by atoms with E-state index in [0.717, 1.165) is 109 Å². The quantitative estimate of drug-likeness (QED) is 0.0261. The molecule has 0 N–H and O–H groups in total. The zero-order chi connectivity index (χ0) is 55.7. The first-order valence-corrected chi connectivity index (χ1v) is 33.1. The van der Waals surface area contributed by atoms with Gasteiger partial charge in [0.2, 0.25) is 0 Å². The van der Waals surface area contributed by atoms with Crippen LogP contribution in [0.4, 0.5) is 0 Å². The maximum absolute atomic E-state index is 12.9. The van der Waals surface area contributed by atoms with Crippen LogP contribution in [0.5, 0.6) is 0 Å². The highest BCUT2D eigenvalue weighted by atomic mass is 16.6. The summed E-state index contributed by atoms with van der Waals surface area (Å²) in [6, 6.07) is 0. The fraction of sp³-hybridized carbons (Fsp3) is 0.761. The highest BCUT2D eigenvalue weighted by Gasteiger charge is 2.19. The van der Waals surface area contributed by atoms with Crippen molar-refractivity contribution >= 4 is 17.9 Å². The molecular formula is C71H124O6. The van der Waals surface area contributed by atoms with E-state index in [9.17, 15) is 14.4 Å². The fourth-order valence-electron chi connectivity index (χ4n) is 9.44. The van der Waals surface area contributed by atoms with Crippen molar-refractivity contribution in [2.75, 3.05) is 13.2 Å². The molecule has 0 bridgehead atoms. The van der Waals surface area contributed by atoms with Crippen LogP contribution in [-0.4, -0.2) is 37.2 Å². The summed E-state index contributed by atoms with van der Waals surface area (Å²) in [5.41, 5.74) is 0. The van der Waals surface area contributed by atoms with Gasteiger partial charge in [0.05, 0.1) is 0 Å². The van der Waals surface area contributed by atoms with E-state index in [-0.39, 0.29) is 31.1 Å². The van der Waals surface area contributed by atoms with Crippen LogP contribution in [0, 0.1) is 0 Å². The van der Waals surface area contributed by atoms with E-state index in [0.29, 0.717) is 19.3 Å². The number of esters is 3. The van der Waals surface area contributed by atoms with Gasteiger partial charge >= 0.3 is 17.9 Å². The van der Waals surface area contributed by atoms with Crippen molar-refractivity contribution in [1.82, 2.24) is 0 Å². The molecular weight excluding hydrogens is 949 g/mol. The van der Waals surface area contributed by atoms with Gasteiger partial charge in [-0.05, 0) is 96.3 Å². The van der Waals surface area contributed by atoms with Crippen LogP contribution in [0.25, 0.3) is 0 Å². The molecule has 0 fully saturated rings. The topological polar surface area (TPSA) is 78.9 Å². The molecule has 0 aliphatic heterocycles. The summed E-state index contributed by atoms with van der Waals surface area (Å²) in [6.45, 7) is 6.50. The third-order valence-electron chi connectivity index (χ3n) is 14.4. The van der Waals surface area contributed by atoms with Crippen molar-refractivity contribution in [2.45, 2.75) is 335 Å². The molecule has 77 heavy (non-hydrogen) atoms. The van der Waals surface area contributed by atoms with Crippen LogP contribution in [0.2, 0.25) is 0 Å². The molecule has 1 atom stereocenters. The number of allylic oxidation sites excluding steroid dienone is 14. The van der Waals surface area contributed by atoms with E-state index >= 15 is 0 Å². The van der Waals surface area contributed by atoms with Crippen molar-refractivity contribution in [3.05, 3.63) is 85.1 Å². The summed E-state index contributed by atoms with van der Waals surface area (Å²) < 4.78 is 16.9. The molecule has 0 heterocycles. The largest absolute Gasteiger partial charge is 0.462 e. The first-order valence-electron chi connectivity index (χ1n) is 33.1. The van der Waals surface area contributed by atoms with Crippen LogP contribution in [0.15, 0.2) is 85.1 Å². The zero-order valence-corrected chi connectivity index (χ0v) is 51.0. The standard InChI is InChI=1S/C71H124O6/c1-4-7-10-13-16-19-21-23-25-27-28-29-30-31-32-33-34-35-36-37-38-39-40-41-42-44-45-47-49-52-55-58-61-64-70(73)76-67-68(66-75-69(72)63-60-57-54-51-18-15-12-9-6-3)77-71(74)65-62-59-56-53-50-48-46-43-26-24-22-20-17-14-11-8-5-2/h8,11,17,20-21,23-24,26-28,30-31,46,48,68H,4-7,9-10,12-16,18-19,22,25,29,32-45,47,49-67H2,1-3H3/b11-8-,20-17-,23-21-,26-24-,28-27-,31-30-,48-46-. The molecule has 1 unspecified atom stereocenters. The zero-order valence-electron chi connectivity index (χ0n) is 51.0. The van der Waals surface area contributed by atoms with Gasteiger partial charge in [-0.2, -0.15) is 0 Å². The van der Waals surface area contributed by atoms with Gasteiger partial charge in [-0.1, -0.05) is 298 Å². The molecule has 0 saturated heterocycles. The Morgan fingerprint density at radius 1 is 0.273 bits per heavy atom. The second-order valence-electron chi connectivity index (χ2n) is 22.0. The van der Waals surface area contributed by atoms with Gasteiger partial charge in [0.1, 0.15) is 13.2 Å². The van der Waals surface area contributed by atoms with Crippen molar-refractivity contribution < 1.29 is 28.6 Å². The molecule has 0 aliphatic carbocycles. The summed E-state index contributed by atoms with van der Waals surface area (Å²) in [5, 5.41) is 0. The van der Waals surface area contributed by atoms with Gasteiger partial charge in [-0.25, -0.2) is 0 Å². The second-order valence-corrected chi connectivity index (χ2v) is 22.0. The van der Waals surface area contributed by atoms with Crippen LogP contribution in [0.3, 0.4) is 0 Å². The highest BCUT2D eigenvalue weighted by molar-refractivity contribution is 5.71. The lowest BCUT2D eigenvalue weighted by atomic mass is 10.0. The molecule has 6 heteroatoms. The van der Waals surface area contributed by atoms with Crippen molar-refractivity contribution in [3.63, 3.8) is 0 Å². The smallest absolute Gasteiger partial charge is 0.306 e. The molecule has 6 nitrogen and oxygen atoms in total. The maximum atomic E-state index is 12.9. The number of rotatable bonds is 60. The van der Waals surface area contributed by atoms with E-state index in [2.05, 4.69) is 106 Å². The summed E-state index contributed by atoms with van der Waals surface area (Å²) in [6.07, 6.45) is 86.2. The minimum absolute atomic E-state index is 0.0830. The number of carbonyl (C=O) groups is 3. The molecule has 444 valence electrons. The van der Waals surface area contributed by atoms with Crippen LogP contribution in [0.1, 0.15) is 329 Å². The summed E-state index contributed by atoms with van der Waals surface area (Å²) >= 11 is 0. The van der Waals surface area contributed by atoms with Gasteiger partial charge in [0.15, 0.2) is 6.10 Å². The van der Waals surface area contributed by atoms with E-state index in [1.807, 2.05) is 0 Å². The Kier molecular flexibility index (Phi) is 62.2. The van der Waals surface area contributed by atoms with Gasteiger partial charge in [-0.15, -0.1) is 0 Å². The number of carbonyl (C=O) groups excluding carboxylic acids is 3. The third-order valence-corrected chi connectivity index (χ3v) is 14.4. The number of hydrogen-bond donors (Lipinski definition) is 0. The molecule has 0 saturated carbocycles. The minimum Gasteiger partial charge on any atom is -0.462 e. The Hall–Kier alpha value is -3.41. The predicted molar refractivity (Wildman–Crippen MR) is 334 cm³/mol. The lowest BCUT2D eigenvalue weighted by molar-refractivity contribution is -0.167. The van der Waals surface area contributed by atoms with Gasteiger partial charge in [-0.3, -0.25) is 14.4 Å². The predicted octanol–water partition coefficient (Wildman–Crippen LogP) is 22.7. The maximum Gasteiger partial charge on any atom is 0.306 e. The molecule has 0 rings (SSSR count). The van der Waals surface area contributed by atoms with Crippen LogP contribution < -0.4 is 0 Å². The summed E-state index contributed by atoms with van der Waals surface area (Å²) in [5.74, 6) is -0.898. The van der Waals surface area contributed by atoms with E-state index < -0.39 is 6.10 Å². The molecule has 0 radical (unpaired) electrons. The monoisotopic (exact) mass is 1070 g/mol. The second kappa shape index (κ2) is 65.1. The molecule has 0 aliphatic rings. The molecule has 0 spiro atoms. The van der Waals surface area contributed by atoms with E-state index in [1.165, 1.54) is 180 Å². The number of unbranched alkanes of at least 4 members (excludes halogenated alkanes) is 35. The SMILES string of the molecule is CC/C=C\C/C=C\C/C=C\C/C=C\CCCCCCC(=O)OC(COC(=O)CCCCCCCCCCC)COC(=O)CCCCCCCCCCCCCCCCCCCC/C=C\C/C=C\C/C=C\CCCCCCC. The fourth-order valence-corrected chi connectivity index (χ4v) is 9.44. The van der Waals surface area contributed by atoms with Crippen molar-refractivity contribution in [1.29, 1.82) is 0 Å². The van der Waals surface area contributed by atoms with Crippen molar-refractivity contribution in [3.8, 4) is 0 Å². The number of hydrogen-bond acceptors (Lipinski definition) is 6. The van der Waals surface area contributed by atoms with Gasteiger partial charge in [0.25, 0.3) is 0 Å². The Morgan fingerprint density at radius 2 is 0.506 bits per heavy atom. The van der Waals surface area contributed by atoms with E-state index in [4.69, 9.17) is 14.2 Å². The Morgan fingerprint density at radius 3 is 0.792 bits per heavy atom. The first-order chi connectivity index (χ1) is 38.0. The molecule has 0 aromatic carbocycles. The third kappa shape index (κ3) is 63.3. The normalized spacial score (nSPS) is 12.6. The Labute approximate surface area is 477 Å². The molecule has 0 amide bonds. The Balaban J connectivity index is 4.09. The first kappa shape index (κ1) is 73.6. The molecule has 0 aromatic heterocycles. The number of ether oxygens (including phenoxy) is 3. The lowest BCUT2D eigenvalue weighted by Gasteiger charge is -2.18. The van der Waals surface area contributed by atoms with Gasteiger partial charge < -0.3 is 14.2 Å². The lowest BCUT2D eigenvalue weighted by Crippen LogP contribution is -2.30.